The molecule has 1 aliphatic rings. The van der Waals surface area contributed by atoms with E-state index in [-0.39, 0.29) is 11.9 Å². The lowest BCUT2D eigenvalue weighted by atomic mass is 10.0. The SMILES string of the molecule is Cc1c(C(CCC2CCCO2)NN)oc2ccc(F)cc12. The first kappa shape index (κ1) is 14.5. The quantitative estimate of drug-likeness (QED) is 0.655. The molecule has 3 rings (SSSR count). The molecule has 0 spiro atoms. The standard InChI is InChI=1S/C16H21FN2O2/c1-10-13-9-11(17)4-7-15(13)21-16(10)14(19-18)6-5-12-3-2-8-20-12/h4,7,9,12,14,19H,2-3,5-6,8,18H2,1H3. The maximum absolute atomic E-state index is 13.4. The minimum atomic E-state index is -0.255. The summed E-state index contributed by atoms with van der Waals surface area (Å²) in [7, 11) is 0. The summed E-state index contributed by atoms with van der Waals surface area (Å²) < 4.78 is 24.9. The van der Waals surface area contributed by atoms with Crippen molar-refractivity contribution in [3.05, 3.63) is 35.3 Å². The van der Waals surface area contributed by atoms with Crippen LogP contribution in [-0.4, -0.2) is 12.7 Å². The zero-order valence-electron chi connectivity index (χ0n) is 12.2. The first-order chi connectivity index (χ1) is 10.2. The third-order valence-corrected chi connectivity index (χ3v) is 4.25. The van der Waals surface area contributed by atoms with Crippen LogP contribution in [0.1, 0.15) is 43.0 Å². The Morgan fingerprint density at radius 2 is 2.33 bits per heavy atom. The smallest absolute Gasteiger partial charge is 0.134 e. The molecule has 0 amide bonds. The molecular formula is C16H21FN2O2. The van der Waals surface area contributed by atoms with Crippen LogP contribution in [0, 0.1) is 12.7 Å². The lowest BCUT2D eigenvalue weighted by Crippen LogP contribution is -2.29. The van der Waals surface area contributed by atoms with Gasteiger partial charge in [-0.15, -0.1) is 0 Å². The van der Waals surface area contributed by atoms with E-state index in [1.54, 1.807) is 6.07 Å². The van der Waals surface area contributed by atoms with Gasteiger partial charge in [0.05, 0.1) is 12.1 Å². The Bertz CT molecular complexity index is 620. The normalized spacial score (nSPS) is 20.2. The summed E-state index contributed by atoms with van der Waals surface area (Å²) in [6, 6.07) is 4.50. The highest BCUT2D eigenvalue weighted by atomic mass is 19.1. The molecule has 1 fully saturated rings. The Hall–Kier alpha value is -1.43. The van der Waals surface area contributed by atoms with Gasteiger partial charge in [0.25, 0.3) is 0 Å². The van der Waals surface area contributed by atoms with Crippen LogP contribution in [0.5, 0.6) is 0 Å². The van der Waals surface area contributed by atoms with Gasteiger partial charge in [0, 0.05) is 17.6 Å². The van der Waals surface area contributed by atoms with Crippen molar-refractivity contribution < 1.29 is 13.5 Å². The van der Waals surface area contributed by atoms with Gasteiger partial charge in [0.15, 0.2) is 0 Å². The van der Waals surface area contributed by atoms with Crippen molar-refractivity contribution in [2.24, 2.45) is 5.84 Å². The fraction of sp³-hybridized carbons (Fsp3) is 0.500. The van der Waals surface area contributed by atoms with Crippen molar-refractivity contribution in [2.75, 3.05) is 6.61 Å². The highest BCUT2D eigenvalue weighted by Gasteiger charge is 2.22. The maximum atomic E-state index is 13.4. The number of nitrogens with two attached hydrogens (primary N) is 1. The van der Waals surface area contributed by atoms with Crippen molar-refractivity contribution in [1.29, 1.82) is 0 Å². The van der Waals surface area contributed by atoms with Gasteiger partial charge in [-0.1, -0.05) is 0 Å². The van der Waals surface area contributed by atoms with E-state index in [9.17, 15) is 4.39 Å². The monoisotopic (exact) mass is 292 g/mol. The van der Waals surface area contributed by atoms with E-state index < -0.39 is 0 Å². The summed E-state index contributed by atoms with van der Waals surface area (Å²) in [6.45, 7) is 2.80. The Morgan fingerprint density at radius 3 is 3.05 bits per heavy atom. The molecule has 5 heteroatoms. The van der Waals surface area contributed by atoms with E-state index in [1.807, 2.05) is 6.92 Å². The lowest BCUT2D eigenvalue weighted by molar-refractivity contribution is 0.0988. The molecule has 0 saturated carbocycles. The molecule has 0 aliphatic carbocycles. The number of aryl methyl sites for hydroxylation is 1. The summed E-state index contributed by atoms with van der Waals surface area (Å²) in [5, 5.41) is 0.808. The third-order valence-electron chi connectivity index (χ3n) is 4.25. The zero-order chi connectivity index (χ0) is 14.8. The number of furan rings is 1. The molecule has 1 saturated heterocycles. The number of hydrogen-bond donors (Lipinski definition) is 2. The van der Waals surface area contributed by atoms with Crippen molar-refractivity contribution >= 4 is 11.0 Å². The van der Waals surface area contributed by atoms with Crippen molar-refractivity contribution in [3.63, 3.8) is 0 Å². The molecule has 1 aromatic heterocycles. The molecule has 0 bridgehead atoms. The summed E-state index contributed by atoms with van der Waals surface area (Å²) in [5.41, 5.74) is 4.46. The number of rotatable bonds is 5. The predicted molar refractivity (Wildman–Crippen MR) is 79.2 cm³/mol. The number of hydrogen-bond acceptors (Lipinski definition) is 4. The molecule has 1 aliphatic heterocycles. The topological polar surface area (TPSA) is 60.4 Å². The number of halogens is 1. The van der Waals surface area contributed by atoms with Crippen LogP contribution < -0.4 is 11.3 Å². The van der Waals surface area contributed by atoms with E-state index in [2.05, 4.69) is 5.43 Å². The number of benzene rings is 1. The minimum absolute atomic E-state index is 0.0790. The fourth-order valence-electron chi connectivity index (χ4n) is 3.06. The van der Waals surface area contributed by atoms with Crippen LogP contribution in [0.25, 0.3) is 11.0 Å². The Morgan fingerprint density at radius 1 is 1.48 bits per heavy atom. The number of ether oxygens (including phenoxy) is 1. The van der Waals surface area contributed by atoms with Crippen molar-refractivity contribution in [2.45, 2.75) is 44.8 Å². The van der Waals surface area contributed by atoms with Gasteiger partial charge in [0.2, 0.25) is 0 Å². The van der Waals surface area contributed by atoms with E-state index in [0.717, 1.165) is 49.0 Å². The molecule has 21 heavy (non-hydrogen) atoms. The molecule has 2 atom stereocenters. The lowest BCUT2D eigenvalue weighted by Gasteiger charge is -2.16. The molecule has 114 valence electrons. The number of fused-ring (bicyclic) bond motifs is 1. The molecule has 2 heterocycles. The molecule has 4 nitrogen and oxygen atoms in total. The molecule has 2 aromatic rings. The average Bonchev–Trinajstić information content (AvgIpc) is 3.10. The highest BCUT2D eigenvalue weighted by molar-refractivity contribution is 5.82. The van der Waals surface area contributed by atoms with Gasteiger partial charge < -0.3 is 9.15 Å². The number of nitrogens with one attached hydrogen (secondary N) is 1. The largest absolute Gasteiger partial charge is 0.459 e. The first-order valence-corrected chi connectivity index (χ1v) is 7.45. The van der Waals surface area contributed by atoms with E-state index in [0.29, 0.717) is 11.7 Å². The van der Waals surface area contributed by atoms with Gasteiger partial charge in [-0.05, 0) is 50.8 Å². The average molecular weight is 292 g/mol. The van der Waals surface area contributed by atoms with Gasteiger partial charge in [-0.25, -0.2) is 9.82 Å². The summed E-state index contributed by atoms with van der Waals surface area (Å²) in [4.78, 5) is 0. The zero-order valence-corrected chi connectivity index (χ0v) is 12.2. The van der Waals surface area contributed by atoms with E-state index in [1.165, 1.54) is 12.1 Å². The summed E-state index contributed by atoms with van der Waals surface area (Å²) in [5.74, 6) is 6.22. The van der Waals surface area contributed by atoms with Gasteiger partial charge in [-0.2, -0.15) is 0 Å². The second-order valence-electron chi connectivity index (χ2n) is 5.66. The van der Waals surface area contributed by atoms with Crippen LogP contribution in [0.2, 0.25) is 0 Å². The van der Waals surface area contributed by atoms with Gasteiger partial charge in [0.1, 0.15) is 17.2 Å². The van der Waals surface area contributed by atoms with E-state index in [4.69, 9.17) is 15.0 Å². The highest BCUT2D eigenvalue weighted by Crippen LogP contribution is 2.32. The van der Waals surface area contributed by atoms with Crippen LogP contribution >= 0.6 is 0 Å². The van der Waals surface area contributed by atoms with Crippen LogP contribution in [0.3, 0.4) is 0 Å². The van der Waals surface area contributed by atoms with Crippen molar-refractivity contribution in [3.8, 4) is 0 Å². The van der Waals surface area contributed by atoms with E-state index >= 15 is 0 Å². The van der Waals surface area contributed by atoms with Crippen molar-refractivity contribution in [1.82, 2.24) is 5.43 Å². The Kier molecular flexibility index (Phi) is 4.24. The number of hydrazine groups is 1. The van der Waals surface area contributed by atoms with Gasteiger partial charge in [-0.3, -0.25) is 5.84 Å². The van der Waals surface area contributed by atoms with Gasteiger partial charge >= 0.3 is 0 Å². The second-order valence-corrected chi connectivity index (χ2v) is 5.66. The molecule has 3 N–H and O–H groups in total. The maximum Gasteiger partial charge on any atom is 0.134 e. The molecule has 1 aromatic carbocycles. The molecular weight excluding hydrogens is 271 g/mol. The first-order valence-electron chi connectivity index (χ1n) is 7.45. The molecule has 0 radical (unpaired) electrons. The minimum Gasteiger partial charge on any atom is -0.459 e. The second kappa shape index (κ2) is 6.13. The Labute approximate surface area is 123 Å². The predicted octanol–water partition coefficient (Wildman–Crippen LogP) is 3.34. The summed E-state index contributed by atoms with van der Waals surface area (Å²) in [6.07, 6.45) is 4.35. The van der Waals surface area contributed by atoms with Crippen LogP contribution in [-0.2, 0) is 4.74 Å². The fourth-order valence-corrected chi connectivity index (χ4v) is 3.06. The third kappa shape index (κ3) is 2.95. The molecule has 2 unspecified atom stereocenters. The summed E-state index contributed by atoms with van der Waals surface area (Å²) >= 11 is 0. The van der Waals surface area contributed by atoms with Crippen LogP contribution in [0.4, 0.5) is 4.39 Å². The van der Waals surface area contributed by atoms with Crippen LogP contribution in [0.15, 0.2) is 22.6 Å². The Balaban J connectivity index is 1.80.